The average Bonchev–Trinajstić information content (AvgIpc) is 2.36. The van der Waals surface area contributed by atoms with Crippen molar-refractivity contribution in [2.45, 2.75) is 17.0 Å². The van der Waals surface area contributed by atoms with Crippen molar-refractivity contribution in [3.05, 3.63) is 57.7 Å². The molecular formula is C13H8Cl2F3NS. The monoisotopic (exact) mass is 337 g/mol. The van der Waals surface area contributed by atoms with E-state index >= 15 is 0 Å². The van der Waals surface area contributed by atoms with Crippen molar-refractivity contribution in [2.75, 3.05) is 0 Å². The summed E-state index contributed by atoms with van der Waals surface area (Å²) in [5.74, 6) is 0.488. The number of pyridine rings is 1. The Kier molecular flexibility index (Phi) is 4.83. The standard InChI is InChI=1S/C13H8Cl2F3NS/c14-10-3-1-8(2-4-10)7-20-12-6-9(13(16,17)18)5-11(15)19-12/h1-6H,7H2. The molecule has 0 bridgehead atoms. The highest BCUT2D eigenvalue weighted by molar-refractivity contribution is 7.98. The molecule has 0 aliphatic heterocycles. The van der Waals surface area contributed by atoms with Crippen LogP contribution < -0.4 is 0 Å². The summed E-state index contributed by atoms with van der Waals surface area (Å²) in [4.78, 5) is 3.88. The third kappa shape index (κ3) is 4.30. The minimum absolute atomic E-state index is 0.168. The second-order valence-electron chi connectivity index (χ2n) is 3.93. The lowest BCUT2D eigenvalue weighted by Crippen LogP contribution is -2.05. The van der Waals surface area contributed by atoms with Gasteiger partial charge in [0.1, 0.15) is 5.15 Å². The van der Waals surface area contributed by atoms with Crippen molar-refractivity contribution in [3.63, 3.8) is 0 Å². The van der Waals surface area contributed by atoms with E-state index in [4.69, 9.17) is 23.2 Å². The molecule has 7 heteroatoms. The summed E-state index contributed by atoms with van der Waals surface area (Å²) < 4.78 is 37.9. The summed E-state index contributed by atoms with van der Waals surface area (Å²) in [6, 6.07) is 8.88. The second kappa shape index (κ2) is 6.24. The first kappa shape index (κ1) is 15.5. The molecule has 0 amide bonds. The summed E-state index contributed by atoms with van der Waals surface area (Å²) >= 11 is 12.6. The Morgan fingerprint density at radius 3 is 2.30 bits per heavy atom. The van der Waals surface area contributed by atoms with Gasteiger partial charge >= 0.3 is 6.18 Å². The smallest absolute Gasteiger partial charge is 0.230 e. The minimum atomic E-state index is -4.43. The molecule has 0 fully saturated rings. The van der Waals surface area contributed by atoms with Gasteiger partial charge in [-0.25, -0.2) is 4.98 Å². The van der Waals surface area contributed by atoms with Crippen LogP contribution >= 0.6 is 35.0 Å². The van der Waals surface area contributed by atoms with Gasteiger partial charge in [0, 0.05) is 10.8 Å². The van der Waals surface area contributed by atoms with Crippen molar-refractivity contribution in [2.24, 2.45) is 0 Å². The topological polar surface area (TPSA) is 12.9 Å². The van der Waals surface area contributed by atoms with Crippen LogP contribution in [-0.4, -0.2) is 4.98 Å². The number of hydrogen-bond donors (Lipinski definition) is 0. The van der Waals surface area contributed by atoms with Crippen LogP contribution in [0.15, 0.2) is 41.4 Å². The average molecular weight is 338 g/mol. The lowest BCUT2D eigenvalue weighted by atomic mass is 10.2. The van der Waals surface area contributed by atoms with Crippen LogP contribution in [0.1, 0.15) is 11.1 Å². The van der Waals surface area contributed by atoms with Crippen LogP contribution in [-0.2, 0) is 11.9 Å². The van der Waals surface area contributed by atoms with Gasteiger partial charge in [-0.1, -0.05) is 35.3 Å². The van der Waals surface area contributed by atoms with E-state index in [-0.39, 0.29) is 10.2 Å². The van der Waals surface area contributed by atoms with E-state index in [1.165, 1.54) is 11.8 Å². The number of rotatable bonds is 3. The molecule has 2 rings (SSSR count). The van der Waals surface area contributed by atoms with Gasteiger partial charge in [0.05, 0.1) is 10.6 Å². The van der Waals surface area contributed by atoms with E-state index in [9.17, 15) is 13.2 Å². The van der Waals surface area contributed by atoms with E-state index in [0.717, 1.165) is 17.7 Å². The molecule has 0 radical (unpaired) electrons. The fourth-order valence-corrected chi connectivity index (χ4v) is 2.71. The molecule has 0 saturated carbocycles. The Bertz CT molecular complexity index is 600. The molecule has 1 heterocycles. The molecule has 0 atom stereocenters. The Hall–Kier alpha value is -0.910. The molecule has 2 aromatic rings. The zero-order chi connectivity index (χ0) is 14.8. The van der Waals surface area contributed by atoms with Gasteiger partial charge < -0.3 is 0 Å². The van der Waals surface area contributed by atoms with Crippen molar-refractivity contribution in [3.8, 4) is 0 Å². The predicted molar refractivity (Wildman–Crippen MR) is 75.3 cm³/mol. The fraction of sp³-hybridized carbons (Fsp3) is 0.154. The van der Waals surface area contributed by atoms with E-state index in [1.54, 1.807) is 12.1 Å². The van der Waals surface area contributed by atoms with Gasteiger partial charge in [0.2, 0.25) is 0 Å². The zero-order valence-corrected chi connectivity index (χ0v) is 12.2. The van der Waals surface area contributed by atoms with Gasteiger partial charge in [0.15, 0.2) is 0 Å². The van der Waals surface area contributed by atoms with Crippen molar-refractivity contribution < 1.29 is 13.2 Å². The molecule has 1 aromatic heterocycles. The molecule has 0 N–H and O–H groups in total. The van der Waals surface area contributed by atoms with Crippen molar-refractivity contribution >= 4 is 35.0 Å². The summed E-state index contributed by atoms with van der Waals surface area (Å²) in [6.07, 6.45) is -4.43. The van der Waals surface area contributed by atoms with Crippen LogP contribution in [0.25, 0.3) is 0 Å². The Morgan fingerprint density at radius 2 is 1.70 bits per heavy atom. The number of halogens is 5. The SMILES string of the molecule is FC(F)(F)c1cc(Cl)nc(SCc2ccc(Cl)cc2)c1. The van der Waals surface area contributed by atoms with Gasteiger partial charge in [-0.3, -0.25) is 0 Å². The van der Waals surface area contributed by atoms with E-state index in [2.05, 4.69) is 4.98 Å². The highest BCUT2D eigenvalue weighted by Gasteiger charge is 2.31. The Labute approximate surface area is 128 Å². The summed E-state index contributed by atoms with van der Waals surface area (Å²) in [7, 11) is 0. The minimum Gasteiger partial charge on any atom is -0.230 e. The van der Waals surface area contributed by atoms with Gasteiger partial charge in [-0.05, 0) is 29.8 Å². The Balaban J connectivity index is 2.13. The van der Waals surface area contributed by atoms with E-state index < -0.39 is 11.7 Å². The van der Waals surface area contributed by atoms with Gasteiger partial charge in [-0.2, -0.15) is 13.2 Å². The molecular weight excluding hydrogens is 330 g/mol. The number of nitrogens with zero attached hydrogens (tertiary/aromatic N) is 1. The number of benzene rings is 1. The second-order valence-corrected chi connectivity index (χ2v) is 5.75. The highest BCUT2D eigenvalue weighted by Crippen LogP contribution is 2.33. The number of aromatic nitrogens is 1. The first-order valence-corrected chi connectivity index (χ1v) is 7.21. The predicted octanol–water partition coefficient (Wildman–Crippen LogP) is 5.70. The molecule has 0 saturated heterocycles. The maximum Gasteiger partial charge on any atom is 0.416 e. The first-order chi connectivity index (χ1) is 9.34. The molecule has 1 nitrogen and oxygen atoms in total. The third-order valence-electron chi connectivity index (χ3n) is 2.40. The number of thioether (sulfide) groups is 1. The largest absolute Gasteiger partial charge is 0.416 e. The summed E-state index contributed by atoms with van der Waals surface area (Å²) in [5.41, 5.74) is 0.144. The highest BCUT2D eigenvalue weighted by atomic mass is 35.5. The van der Waals surface area contributed by atoms with Crippen LogP contribution in [0, 0.1) is 0 Å². The molecule has 0 aliphatic carbocycles. The fourth-order valence-electron chi connectivity index (χ4n) is 1.45. The summed E-state index contributed by atoms with van der Waals surface area (Å²) in [6.45, 7) is 0. The van der Waals surface area contributed by atoms with Crippen molar-refractivity contribution in [1.29, 1.82) is 0 Å². The van der Waals surface area contributed by atoms with Crippen LogP contribution in [0.5, 0.6) is 0 Å². The molecule has 0 aliphatic rings. The Morgan fingerprint density at radius 1 is 1.05 bits per heavy atom. The van der Waals surface area contributed by atoms with Crippen LogP contribution in [0.2, 0.25) is 10.2 Å². The third-order valence-corrected chi connectivity index (χ3v) is 3.83. The van der Waals surface area contributed by atoms with E-state index in [1.807, 2.05) is 12.1 Å². The molecule has 20 heavy (non-hydrogen) atoms. The van der Waals surface area contributed by atoms with E-state index in [0.29, 0.717) is 10.8 Å². The van der Waals surface area contributed by atoms with Crippen molar-refractivity contribution in [1.82, 2.24) is 4.98 Å². The summed E-state index contributed by atoms with van der Waals surface area (Å²) in [5, 5.41) is 0.678. The molecule has 1 aromatic carbocycles. The van der Waals surface area contributed by atoms with Crippen LogP contribution in [0.4, 0.5) is 13.2 Å². The van der Waals surface area contributed by atoms with Gasteiger partial charge in [0.25, 0.3) is 0 Å². The van der Waals surface area contributed by atoms with Gasteiger partial charge in [-0.15, -0.1) is 11.8 Å². The maximum absolute atomic E-state index is 12.6. The number of alkyl halides is 3. The quantitative estimate of drug-likeness (QED) is 0.526. The zero-order valence-electron chi connectivity index (χ0n) is 9.92. The lowest BCUT2D eigenvalue weighted by Gasteiger charge is -2.09. The normalized spacial score (nSPS) is 11.7. The molecule has 0 spiro atoms. The lowest BCUT2D eigenvalue weighted by molar-refractivity contribution is -0.137. The molecule has 106 valence electrons. The molecule has 0 unspecified atom stereocenters. The first-order valence-electron chi connectivity index (χ1n) is 5.46. The maximum atomic E-state index is 12.6. The number of hydrogen-bond acceptors (Lipinski definition) is 2. The van der Waals surface area contributed by atoms with Crippen LogP contribution in [0.3, 0.4) is 0 Å².